The van der Waals surface area contributed by atoms with Gasteiger partial charge in [-0.1, -0.05) is 74.1 Å². The molecule has 0 heterocycles. The van der Waals surface area contributed by atoms with Gasteiger partial charge in [-0.25, -0.2) is 19.2 Å². The van der Waals surface area contributed by atoms with E-state index in [0.717, 1.165) is 0 Å². The molecule has 0 N–H and O–H groups in total. The fourth-order valence-electron chi connectivity index (χ4n) is 3.01. The van der Waals surface area contributed by atoms with Crippen molar-refractivity contribution in [2.24, 2.45) is 11.8 Å². The van der Waals surface area contributed by atoms with Crippen LogP contribution in [0.4, 0.5) is 0 Å². The second-order valence-electron chi connectivity index (χ2n) is 9.16. The number of halogens is 6. The molecule has 0 saturated heterocycles. The first-order valence-corrected chi connectivity index (χ1v) is 14.1. The zero-order valence-corrected chi connectivity index (χ0v) is 26.1. The van der Waals surface area contributed by atoms with Crippen molar-refractivity contribution < 1.29 is 38.1 Å². The number of ether oxygens (including phenoxy) is 4. The number of rotatable bonds is 10. The lowest BCUT2D eigenvalue weighted by Gasteiger charge is -2.27. The Balaban J connectivity index is 2.29. The molecule has 0 spiro atoms. The quantitative estimate of drug-likeness (QED) is 0.119. The van der Waals surface area contributed by atoms with Crippen LogP contribution in [-0.2, 0) is 38.1 Å². The summed E-state index contributed by atoms with van der Waals surface area (Å²) in [6.07, 6.45) is -0.790. The van der Waals surface area contributed by atoms with Gasteiger partial charge in [0.2, 0.25) is 0 Å². The van der Waals surface area contributed by atoms with E-state index in [1.807, 2.05) is 27.7 Å². The van der Waals surface area contributed by atoms with Gasteiger partial charge in [0.05, 0.1) is 30.9 Å². The lowest BCUT2D eigenvalue weighted by molar-refractivity contribution is -0.171. The lowest BCUT2D eigenvalue weighted by atomic mass is 10.0. The number of hydrogen-bond donors (Lipinski definition) is 0. The van der Waals surface area contributed by atoms with Crippen molar-refractivity contribution in [2.45, 2.75) is 50.7 Å². The van der Waals surface area contributed by atoms with Crippen molar-refractivity contribution in [3.8, 4) is 0 Å². The summed E-state index contributed by atoms with van der Waals surface area (Å²) >= 11 is 36.8. The fraction of sp³-hybridized carbons (Fsp3) is 0.462. The molecule has 0 amide bonds. The number of carbonyl (C=O) groups excluding carboxylic acids is 4. The molecule has 218 valence electrons. The van der Waals surface area contributed by atoms with E-state index < -0.39 is 46.0 Å². The first-order chi connectivity index (χ1) is 18.7. The summed E-state index contributed by atoms with van der Waals surface area (Å²) in [7, 11) is 0. The molecule has 40 heavy (non-hydrogen) atoms. The van der Waals surface area contributed by atoms with E-state index in [9.17, 15) is 19.2 Å². The molecule has 8 nitrogen and oxygen atoms in total. The summed E-state index contributed by atoms with van der Waals surface area (Å²) in [6, 6.07) is 0. The molecule has 2 aliphatic rings. The van der Waals surface area contributed by atoms with Gasteiger partial charge in [-0.3, -0.25) is 0 Å². The third-order valence-corrected chi connectivity index (χ3v) is 8.44. The van der Waals surface area contributed by atoms with Crippen LogP contribution in [0.1, 0.15) is 27.7 Å². The minimum absolute atomic E-state index is 0.0153. The van der Waals surface area contributed by atoms with Gasteiger partial charge in [0, 0.05) is 12.2 Å². The van der Waals surface area contributed by atoms with Gasteiger partial charge in [0.1, 0.15) is 47.8 Å². The third-order valence-electron chi connectivity index (χ3n) is 5.57. The summed E-state index contributed by atoms with van der Waals surface area (Å²) in [5.41, 5.74) is -0.814. The maximum absolute atomic E-state index is 12.8. The molecule has 4 unspecified atom stereocenters. The largest absolute Gasteiger partial charge is 0.492 e. The van der Waals surface area contributed by atoms with Crippen molar-refractivity contribution in [3.63, 3.8) is 0 Å². The lowest BCUT2D eigenvalue weighted by Crippen LogP contribution is -2.35. The Morgan fingerprint density at radius 3 is 1.32 bits per heavy atom. The normalized spacial score (nSPS) is 20.9. The molecular formula is C26H24Cl6O8. The van der Waals surface area contributed by atoms with Gasteiger partial charge < -0.3 is 18.9 Å². The first kappa shape index (κ1) is 34.3. The van der Waals surface area contributed by atoms with Gasteiger partial charge in [-0.05, 0) is 11.8 Å². The van der Waals surface area contributed by atoms with E-state index in [0.29, 0.717) is 0 Å². The third kappa shape index (κ3) is 8.58. The Labute approximate surface area is 261 Å². The van der Waals surface area contributed by atoms with Crippen molar-refractivity contribution in [2.75, 3.05) is 13.2 Å². The average Bonchev–Trinajstić information content (AvgIpc) is 2.90. The van der Waals surface area contributed by atoms with Crippen molar-refractivity contribution >= 4 is 93.4 Å². The van der Waals surface area contributed by atoms with E-state index in [4.69, 9.17) is 88.6 Å². The van der Waals surface area contributed by atoms with E-state index in [1.54, 1.807) is 11.9 Å². The minimum atomic E-state index is -1.61. The number of alkyl halides is 2. The van der Waals surface area contributed by atoms with Crippen molar-refractivity contribution in [1.82, 2.24) is 0 Å². The van der Waals surface area contributed by atoms with Crippen LogP contribution in [0, 0.1) is 11.8 Å². The van der Waals surface area contributed by atoms with Crippen LogP contribution in [0.3, 0.4) is 0 Å². The Morgan fingerprint density at radius 2 is 1.05 bits per heavy atom. The van der Waals surface area contributed by atoms with Crippen LogP contribution in [0.2, 0.25) is 0 Å². The van der Waals surface area contributed by atoms with E-state index in [-0.39, 0.29) is 56.7 Å². The van der Waals surface area contributed by atoms with Gasteiger partial charge >= 0.3 is 11.9 Å². The highest BCUT2D eigenvalue weighted by Gasteiger charge is 2.39. The van der Waals surface area contributed by atoms with Gasteiger partial charge in [-0.15, -0.1) is 23.2 Å². The monoisotopic (exact) mass is 674 g/mol. The fourth-order valence-corrected chi connectivity index (χ4v) is 3.94. The van der Waals surface area contributed by atoms with Crippen molar-refractivity contribution in [3.05, 3.63) is 54.9 Å². The Bertz CT molecular complexity index is 1160. The smallest absolute Gasteiger partial charge is 0.418 e. The first-order valence-electron chi connectivity index (χ1n) is 11.7. The highest BCUT2D eigenvalue weighted by molar-refractivity contribution is 6.43. The van der Waals surface area contributed by atoms with Gasteiger partial charge in [0.25, 0.3) is 0 Å². The number of allylic oxidation sites excluding steroid dienone is 4. The molecule has 0 radical (unpaired) electrons. The van der Waals surface area contributed by atoms with Crippen molar-refractivity contribution in [1.29, 1.82) is 0 Å². The van der Waals surface area contributed by atoms with E-state index >= 15 is 0 Å². The molecule has 0 aliphatic heterocycles. The average molecular weight is 677 g/mol. The Hall–Kier alpha value is -1.86. The predicted molar refractivity (Wildman–Crippen MR) is 153 cm³/mol. The summed E-state index contributed by atoms with van der Waals surface area (Å²) < 4.78 is 21.7. The predicted octanol–water partition coefficient (Wildman–Crippen LogP) is 6.06. The van der Waals surface area contributed by atoms with Crippen LogP contribution in [0.15, 0.2) is 54.9 Å². The highest BCUT2D eigenvalue weighted by atomic mass is 35.5. The molecule has 0 aromatic heterocycles. The Morgan fingerprint density at radius 1 is 0.725 bits per heavy atom. The van der Waals surface area contributed by atoms with E-state index in [1.165, 1.54) is 12.2 Å². The van der Waals surface area contributed by atoms with Crippen LogP contribution >= 0.6 is 69.6 Å². The molecule has 2 rings (SSSR count). The Kier molecular flexibility index (Phi) is 13.2. The molecule has 2 aliphatic carbocycles. The standard InChI is InChI=1S/C26H24Cl6O8/c1-11(2)17(29)9-37-19-5-15(27)21(31)13(7-33)23(19)39-25(35)26(36)40-24-14(8-34)22(32)16(28)6-20(24)38-10-18(30)12(3)4/h5-6,11-12,17-18,23-24H,9-10H2,1-4H3. The second-order valence-corrected chi connectivity index (χ2v) is 11.9. The topological polar surface area (TPSA) is 105 Å². The molecular weight excluding hydrogens is 653 g/mol. The number of carbonyl (C=O) groups is 2. The summed E-state index contributed by atoms with van der Waals surface area (Å²) in [4.78, 5) is 49.0. The zero-order valence-electron chi connectivity index (χ0n) is 21.6. The molecule has 4 atom stereocenters. The maximum Gasteiger partial charge on any atom is 0.418 e. The summed E-state index contributed by atoms with van der Waals surface area (Å²) in [5, 5.41) is -1.63. The number of hydrogen-bond acceptors (Lipinski definition) is 8. The zero-order chi connectivity index (χ0) is 30.3. The minimum Gasteiger partial charge on any atom is -0.492 e. The molecule has 14 heteroatoms. The highest BCUT2D eigenvalue weighted by Crippen LogP contribution is 2.37. The molecule has 0 aromatic rings. The molecule has 0 saturated carbocycles. The molecule has 0 fully saturated rings. The molecule has 0 aromatic carbocycles. The summed E-state index contributed by atoms with van der Waals surface area (Å²) in [5.74, 6) is -0.307. The second kappa shape index (κ2) is 15.4. The summed E-state index contributed by atoms with van der Waals surface area (Å²) in [6.45, 7) is 7.32. The van der Waals surface area contributed by atoms with Gasteiger partial charge in [-0.2, -0.15) is 0 Å². The van der Waals surface area contributed by atoms with Crippen LogP contribution in [-0.4, -0.2) is 60.0 Å². The van der Waals surface area contributed by atoms with Crippen LogP contribution in [0.25, 0.3) is 0 Å². The van der Waals surface area contributed by atoms with Crippen LogP contribution in [0.5, 0.6) is 0 Å². The molecule has 0 bridgehead atoms. The SMILES string of the molecule is CC(C)C(Cl)COC1=CC(Cl)=C(Cl)C(=C=O)C1OC(=O)C(=O)OC1C(=C=O)C(Cl)=C(Cl)C=C1OCC(Cl)C(C)C. The van der Waals surface area contributed by atoms with E-state index in [2.05, 4.69) is 0 Å². The van der Waals surface area contributed by atoms with Gasteiger partial charge in [0.15, 0.2) is 12.2 Å². The maximum atomic E-state index is 12.8. The van der Waals surface area contributed by atoms with Crippen LogP contribution < -0.4 is 0 Å². The number of esters is 2.